The number of aromatic hydroxyl groups is 1. The molecule has 0 spiro atoms. The van der Waals surface area contributed by atoms with Gasteiger partial charge in [-0.3, -0.25) is 4.79 Å². The molecule has 1 fully saturated rings. The van der Waals surface area contributed by atoms with Gasteiger partial charge in [0.2, 0.25) is 0 Å². The lowest BCUT2D eigenvalue weighted by Crippen LogP contribution is -2.29. The molecule has 17 heavy (non-hydrogen) atoms. The number of hydrogen-bond donors (Lipinski definition) is 3. The second-order valence-electron chi connectivity index (χ2n) is 4.01. The first-order valence-electron chi connectivity index (χ1n) is 5.13. The van der Waals surface area contributed by atoms with Gasteiger partial charge in [-0.05, 0) is 18.2 Å². The lowest BCUT2D eigenvalue weighted by atomic mass is 10.2. The monoisotopic (exact) mass is 257 g/mol. The van der Waals surface area contributed by atoms with E-state index in [0.29, 0.717) is 5.56 Å². The number of nitrogens with zero attached hydrogens (tertiary/aromatic N) is 1. The molecule has 6 heteroatoms. The zero-order chi connectivity index (χ0) is 12.6. The van der Waals surface area contributed by atoms with Crippen LogP contribution in [0.2, 0.25) is 5.02 Å². The summed E-state index contributed by atoms with van der Waals surface area (Å²) in [5.41, 5.74) is 0.314. The molecule has 2 rings (SSSR count). The molecule has 92 valence electrons. The highest BCUT2D eigenvalue weighted by molar-refractivity contribution is 6.32. The van der Waals surface area contributed by atoms with Crippen LogP contribution in [0.1, 0.15) is 10.4 Å². The average Bonchev–Trinajstić information content (AvgIpc) is 2.62. The third-order valence-electron chi connectivity index (χ3n) is 2.74. The van der Waals surface area contributed by atoms with Crippen molar-refractivity contribution >= 4 is 17.5 Å². The second-order valence-corrected chi connectivity index (χ2v) is 4.42. The van der Waals surface area contributed by atoms with Gasteiger partial charge in [-0.25, -0.2) is 0 Å². The summed E-state index contributed by atoms with van der Waals surface area (Å²) in [7, 11) is 0. The van der Waals surface area contributed by atoms with Gasteiger partial charge >= 0.3 is 0 Å². The van der Waals surface area contributed by atoms with Crippen LogP contribution in [0.15, 0.2) is 18.2 Å². The number of β-amino-alcohol motifs (C(OH)–C–C–N with tert-alkyl or cyclic N) is 2. The summed E-state index contributed by atoms with van der Waals surface area (Å²) in [6, 6.07) is 4.13. The van der Waals surface area contributed by atoms with E-state index < -0.39 is 12.2 Å². The standard InChI is InChI=1S/C11H12ClNO4/c12-7-3-6(1-2-8(7)14)11(17)13-4-9(15)10(16)5-13/h1-3,9-10,14-16H,4-5H2. The lowest BCUT2D eigenvalue weighted by Gasteiger charge is -2.15. The topological polar surface area (TPSA) is 81.0 Å². The molecule has 1 aliphatic heterocycles. The maximum Gasteiger partial charge on any atom is 0.254 e. The van der Waals surface area contributed by atoms with Crippen molar-refractivity contribution in [1.82, 2.24) is 4.90 Å². The van der Waals surface area contributed by atoms with E-state index in [1.54, 1.807) is 0 Å². The normalized spacial score (nSPS) is 24.1. The van der Waals surface area contributed by atoms with Crippen molar-refractivity contribution in [3.63, 3.8) is 0 Å². The molecule has 0 aromatic heterocycles. The summed E-state index contributed by atoms with van der Waals surface area (Å²) >= 11 is 5.70. The fourth-order valence-electron chi connectivity index (χ4n) is 1.76. The highest BCUT2D eigenvalue weighted by Gasteiger charge is 2.32. The van der Waals surface area contributed by atoms with Gasteiger partial charge in [-0.2, -0.15) is 0 Å². The number of rotatable bonds is 1. The van der Waals surface area contributed by atoms with Crippen LogP contribution in [0.3, 0.4) is 0 Å². The van der Waals surface area contributed by atoms with E-state index in [2.05, 4.69) is 0 Å². The molecule has 1 heterocycles. The van der Waals surface area contributed by atoms with Crippen LogP contribution < -0.4 is 0 Å². The maximum atomic E-state index is 12.0. The Morgan fingerprint density at radius 2 is 1.88 bits per heavy atom. The number of likely N-dealkylation sites (tertiary alicyclic amines) is 1. The van der Waals surface area contributed by atoms with Gasteiger partial charge in [-0.1, -0.05) is 11.6 Å². The Kier molecular flexibility index (Phi) is 3.24. The maximum absolute atomic E-state index is 12.0. The van der Waals surface area contributed by atoms with E-state index in [9.17, 15) is 20.1 Å². The summed E-state index contributed by atoms with van der Waals surface area (Å²) in [6.45, 7) is 0.191. The Labute approximate surface area is 103 Å². The molecule has 1 aromatic rings. The van der Waals surface area contributed by atoms with E-state index in [1.165, 1.54) is 23.1 Å². The average molecular weight is 258 g/mol. The number of aliphatic hydroxyl groups is 2. The Hall–Kier alpha value is -1.30. The first-order chi connectivity index (χ1) is 7.99. The minimum atomic E-state index is -0.911. The molecule has 3 N–H and O–H groups in total. The zero-order valence-electron chi connectivity index (χ0n) is 8.88. The fraction of sp³-hybridized carbons (Fsp3) is 0.364. The Balaban J connectivity index is 2.17. The number of phenols is 1. The van der Waals surface area contributed by atoms with E-state index in [-0.39, 0.29) is 29.8 Å². The molecule has 0 radical (unpaired) electrons. The number of halogens is 1. The summed E-state index contributed by atoms with van der Waals surface area (Å²) in [5.74, 6) is -0.424. The quantitative estimate of drug-likeness (QED) is 0.672. The number of phenolic OH excluding ortho intramolecular Hbond substituents is 1. The van der Waals surface area contributed by atoms with Crippen LogP contribution in [-0.2, 0) is 0 Å². The summed E-state index contributed by atoms with van der Waals surface area (Å²) in [5, 5.41) is 28.0. The molecule has 0 saturated carbocycles. The summed E-state index contributed by atoms with van der Waals surface area (Å²) in [4.78, 5) is 13.3. The summed E-state index contributed by atoms with van der Waals surface area (Å²) in [6.07, 6.45) is -1.82. The molecular weight excluding hydrogens is 246 g/mol. The van der Waals surface area contributed by atoms with E-state index in [1.807, 2.05) is 0 Å². The highest BCUT2D eigenvalue weighted by Crippen LogP contribution is 2.25. The Bertz CT molecular complexity index is 441. The van der Waals surface area contributed by atoms with Crippen molar-refractivity contribution in [3.05, 3.63) is 28.8 Å². The fourth-order valence-corrected chi connectivity index (χ4v) is 1.94. The van der Waals surface area contributed by atoms with E-state index in [4.69, 9.17) is 11.6 Å². The van der Waals surface area contributed by atoms with Crippen LogP contribution in [0.4, 0.5) is 0 Å². The predicted octanol–water partition coefficient (Wildman–Crippen LogP) is 0.223. The first-order valence-corrected chi connectivity index (χ1v) is 5.51. The number of amides is 1. The SMILES string of the molecule is O=C(c1ccc(O)c(Cl)c1)N1CC(O)C(O)C1. The molecule has 2 unspecified atom stereocenters. The van der Waals surface area contributed by atoms with Crippen LogP contribution in [-0.4, -0.2) is 51.4 Å². The van der Waals surface area contributed by atoms with Crippen molar-refractivity contribution in [2.75, 3.05) is 13.1 Å². The van der Waals surface area contributed by atoms with Crippen molar-refractivity contribution in [2.24, 2.45) is 0 Å². The van der Waals surface area contributed by atoms with Crippen LogP contribution in [0, 0.1) is 0 Å². The van der Waals surface area contributed by atoms with Crippen molar-refractivity contribution < 1.29 is 20.1 Å². The third-order valence-corrected chi connectivity index (χ3v) is 3.04. The first kappa shape index (κ1) is 12.2. The third kappa shape index (κ3) is 2.36. The van der Waals surface area contributed by atoms with Crippen LogP contribution >= 0.6 is 11.6 Å². The number of benzene rings is 1. The number of carbonyl (C=O) groups is 1. The van der Waals surface area contributed by atoms with Gasteiger partial charge in [0, 0.05) is 18.7 Å². The van der Waals surface area contributed by atoms with E-state index in [0.717, 1.165) is 0 Å². The Morgan fingerprint density at radius 3 is 2.41 bits per heavy atom. The number of hydrogen-bond acceptors (Lipinski definition) is 4. The summed E-state index contributed by atoms with van der Waals surface area (Å²) < 4.78 is 0. The largest absolute Gasteiger partial charge is 0.506 e. The predicted molar refractivity (Wildman–Crippen MR) is 61.0 cm³/mol. The second kappa shape index (κ2) is 4.52. The molecule has 0 bridgehead atoms. The smallest absolute Gasteiger partial charge is 0.254 e. The van der Waals surface area contributed by atoms with Gasteiger partial charge in [0.05, 0.1) is 17.2 Å². The van der Waals surface area contributed by atoms with Crippen molar-refractivity contribution in [3.8, 4) is 5.75 Å². The minimum absolute atomic E-state index is 0.0929. The van der Waals surface area contributed by atoms with Crippen LogP contribution in [0.25, 0.3) is 0 Å². The van der Waals surface area contributed by atoms with Gasteiger partial charge in [0.15, 0.2) is 0 Å². The van der Waals surface area contributed by atoms with Gasteiger partial charge < -0.3 is 20.2 Å². The number of aliphatic hydroxyl groups excluding tert-OH is 2. The molecule has 5 nitrogen and oxygen atoms in total. The van der Waals surface area contributed by atoms with Crippen molar-refractivity contribution in [1.29, 1.82) is 0 Å². The van der Waals surface area contributed by atoms with Gasteiger partial charge in [0.25, 0.3) is 5.91 Å². The van der Waals surface area contributed by atoms with Crippen LogP contribution in [0.5, 0.6) is 5.75 Å². The van der Waals surface area contributed by atoms with Gasteiger partial charge in [-0.15, -0.1) is 0 Å². The number of carbonyl (C=O) groups excluding carboxylic acids is 1. The van der Waals surface area contributed by atoms with Crippen molar-refractivity contribution in [2.45, 2.75) is 12.2 Å². The molecule has 1 aliphatic rings. The highest BCUT2D eigenvalue weighted by atomic mass is 35.5. The molecule has 1 aromatic carbocycles. The zero-order valence-corrected chi connectivity index (χ0v) is 9.63. The molecule has 1 saturated heterocycles. The molecule has 1 amide bonds. The lowest BCUT2D eigenvalue weighted by molar-refractivity contribution is 0.0572. The minimum Gasteiger partial charge on any atom is -0.506 e. The van der Waals surface area contributed by atoms with E-state index >= 15 is 0 Å². The molecule has 0 aliphatic carbocycles. The molecular formula is C11H12ClNO4. The molecule has 2 atom stereocenters. The Morgan fingerprint density at radius 1 is 1.29 bits per heavy atom. The van der Waals surface area contributed by atoms with Gasteiger partial charge in [0.1, 0.15) is 5.75 Å².